The first kappa shape index (κ1) is 15.1. The Labute approximate surface area is 112 Å². The Bertz CT molecular complexity index is 470. The molecule has 0 aliphatic rings. The molecule has 1 atom stereocenters. The number of nitrogens with two attached hydrogens (primary N) is 1. The number of amides is 1. The molecule has 0 aromatic heterocycles. The minimum absolute atomic E-state index is 0.00810. The SMILES string of the molecule is CCC(C)(CN)C(=O)NCc1ccccc1[N+](=O)[O-]. The van der Waals surface area contributed by atoms with Crippen LogP contribution in [0.3, 0.4) is 0 Å². The van der Waals surface area contributed by atoms with Gasteiger partial charge in [0.2, 0.25) is 5.91 Å². The standard InChI is InChI=1S/C13H19N3O3/c1-3-13(2,9-14)12(17)15-8-10-6-4-5-7-11(10)16(18)19/h4-7H,3,8-9,14H2,1-2H3,(H,15,17). The van der Waals surface area contributed by atoms with Crippen molar-refractivity contribution in [3.05, 3.63) is 39.9 Å². The third-order valence-corrected chi connectivity index (χ3v) is 3.41. The van der Waals surface area contributed by atoms with Gasteiger partial charge in [-0.3, -0.25) is 14.9 Å². The van der Waals surface area contributed by atoms with Gasteiger partial charge >= 0.3 is 0 Å². The van der Waals surface area contributed by atoms with Crippen molar-refractivity contribution in [1.29, 1.82) is 0 Å². The van der Waals surface area contributed by atoms with Crippen molar-refractivity contribution in [3.8, 4) is 0 Å². The number of rotatable bonds is 6. The van der Waals surface area contributed by atoms with Crippen LogP contribution in [0.25, 0.3) is 0 Å². The lowest BCUT2D eigenvalue weighted by atomic mass is 9.86. The zero-order valence-corrected chi connectivity index (χ0v) is 11.2. The number of hydrogen-bond donors (Lipinski definition) is 2. The topological polar surface area (TPSA) is 98.3 Å². The van der Waals surface area contributed by atoms with Crippen molar-refractivity contribution in [2.75, 3.05) is 6.54 Å². The van der Waals surface area contributed by atoms with Crippen molar-refractivity contribution in [2.45, 2.75) is 26.8 Å². The Kier molecular flexibility index (Phi) is 5.00. The van der Waals surface area contributed by atoms with Gasteiger partial charge in [-0.2, -0.15) is 0 Å². The molecule has 104 valence electrons. The number of hydrogen-bond acceptors (Lipinski definition) is 4. The van der Waals surface area contributed by atoms with Crippen LogP contribution in [-0.2, 0) is 11.3 Å². The van der Waals surface area contributed by atoms with Crippen LogP contribution in [0.5, 0.6) is 0 Å². The molecule has 0 spiro atoms. The van der Waals surface area contributed by atoms with E-state index in [4.69, 9.17) is 5.73 Å². The van der Waals surface area contributed by atoms with E-state index in [9.17, 15) is 14.9 Å². The Morgan fingerprint density at radius 3 is 2.63 bits per heavy atom. The average Bonchev–Trinajstić information content (AvgIpc) is 2.43. The Hall–Kier alpha value is -1.95. The molecule has 1 amide bonds. The van der Waals surface area contributed by atoms with Gasteiger partial charge in [0.1, 0.15) is 0 Å². The van der Waals surface area contributed by atoms with E-state index in [0.717, 1.165) is 0 Å². The summed E-state index contributed by atoms with van der Waals surface area (Å²) in [5.74, 6) is -0.185. The van der Waals surface area contributed by atoms with Crippen LogP contribution in [0.2, 0.25) is 0 Å². The highest BCUT2D eigenvalue weighted by atomic mass is 16.6. The zero-order valence-electron chi connectivity index (χ0n) is 11.2. The molecule has 6 nitrogen and oxygen atoms in total. The molecular weight excluding hydrogens is 246 g/mol. The molecule has 0 aliphatic heterocycles. The van der Waals surface area contributed by atoms with Crippen molar-refractivity contribution in [2.24, 2.45) is 11.1 Å². The second-order valence-electron chi connectivity index (χ2n) is 4.69. The monoisotopic (exact) mass is 265 g/mol. The van der Waals surface area contributed by atoms with E-state index < -0.39 is 10.3 Å². The molecule has 0 heterocycles. The predicted molar refractivity (Wildman–Crippen MR) is 72.4 cm³/mol. The molecule has 1 aromatic carbocycles. The second-order valence-corrected chi connectivity index (χ2v) is 4.69. The summed E-state index contributed by atoms with van der Waals surface area (Å²) in [6.45, 7) is 4.04. The number of nitrogens with zero attached hydrogens (tertiary/aromatic N) is 1. The van der Waals surface area contributed by atoms with Crippen LogP contribution in [-0.4, -0.2) is 17.4 Å². The largest absolute Gasteiger partial charge is 0.351 e. The average molecular weight is 265 g/mol. The van der Waals surface area contributed by atoms with E-state index >= 15 is 0 Å². The molecule has 1 aromatic rings. The van der Waals surface area contributed by atoms with Crippen molar-refractivity contribution < 1.29 is 9.72 Å². The number of nitrogens with one attached hydrogen (secondary N) is 1. The third kappa shape index (κ3) is 3.51. The van der Waals surface area contributed by atoms with E-state index in [1.165, 1.54) is 6.07 Å². The fraction of sp³-hybridized carbons (Fsp3) is 0.462. The molecule has 1 unspecified atom stereocenters. The van der Waals surface area contributed by atoms with Crippen molar-refractivity contribution in [3.63, 3.8) is 0 Å². The van der Waals surface area contributed by atoms with Gasteiger partial charge in [-0.25, -0.2) is 0 Å². The zero-order chi connectivity index (χ0) is 14.5. The summed E-state index contributed by atoms with van der Waals surface area (Å²) in [5.41, 5.74) is 5.45. The van der Waals surface area contributed by atoms with Gasteiger partial charge in [-0.1, -0.05) is 25.1 Å². The normalized spacial score (nSPS) is 13.6. The first-order valence-corrected chi connectivity index (χ1v) is 6.15. The summed E-state index contributed by atoms with van der Waals surface area (Å²) in [6, 6.07) is 6.35. The highest BCUT2D eigenvalue weighted by molar-refractivity contribution is 5.82. The van der Waals surface area contributed by atoms with E-state index in [0.29, 0.717) is 12.0 Å². The lowest BCUT2D eigenvalue weighted by Gasteiger charge is -2.24. The van der Waals surface area contributed by atoms with E-state index in [-0.39, 0.29) is 24.7 Å². The van der Waals surface area contributed by atoms with Gasteiger partial charge in [0.15, 0.2) is 0 Å². The van der Waals surface area contributed by atoms with Gasteiger partial charge in [-0.15, -0.1) is 0 Å². The first-order valence-electron chi connectivity index (χ1n) is 6.15. The van der Waals surface area contributed by atoms with Crippen LogP contribution < -0.4 is 11.1 Å². The van der Waals surface area contributed by atoms with Crippen LogP contribution in [0, 0.1) is 15.5 Å². The predicted octanol–water partition coefficient (Wildman–Crippen LogP) is 1.59. The summed E-state index contributed by atoms with van der Waals surface area (Å²) >= 11 is 0. The molecule has 19 heavy (non-hydrogen) atoms. The highest BCUT2D eigenvalue weighted by Crippen LogP contribution is 2.21. The van der Waals surface area contributed by atoms with E-state index in [1.807, 2.05) is 6.92 Å². The molecule has 0 saturated carbocycles. The molecule has 0 saturated heterocycles. The number of carbonyl (C=O) groups excluding carboxylic acids is 1. The van der Waals surface area contributed by atoms with Crippen molar-refractivity contribution >= 4 is 11.6 Å². The maximum Gasteiger partial charge on any atom is 0.274 e. The van der Waals surface area contributed by atoms with Gasteiger partial charge in [0.05, 0.1) is 10.3 Å². The van der Waals surface area contributed by atoms with Crippen LogP contribution in [0.4, 0.5) is 5.69 Å². The maximum absolute atomic E-state index is 12.0. The molecule has 1 rings (SSSR count). The second kappa shape index (κ2) is 6.29. The number of para-hydroxylation sites is 1. The maximum atomic E-state index is 12.0. The Morgan fingerprint density at radius 2 is 2.11 bits per heavy atom. The molecule has 0 aliphatic carbocycles. The van der Waals surface area contributed by atoms with Crippen LogP contribution in [0.1, 0.15) is 25.8 Å². The van der Waals surface area contributed by atoms with Crippen LogP contribution in [0.15, 0.2) is 24.3 Å². The summed E-state index contributed by atoms with van der Waals surface area (Å²) < 4.78 is 0. The molecule has 0 radical (unpaired) electrons. The number of benzene rings is 1. The fourth-order valence-electron chi connectivity index (χ4n) is 1.62. The van der Waals surface area contributed by atoms with Gasteiger partial charge in [0, 0.05) is 24.7 Å². The van der Waals surface area contributed by atoms with Crippen molar-refractivity contribution in [1.82, 2.24) is 5.32 Å². The Balaban J connectivity index is 2.78. The number of carbonyl (C=O) groups is 1. The lowest BCUT2D eigenvalue weighted by molar-refractivity contribution is -0.385. The molecular formula is C13H19N3O3. The molecule has 3 N–H and O–H groups in total. The molecule has 6 heteroatoms. The minimum atomic E-state index is -0.635. The first-order chi connectivity index (χ1) is 8.94. The number of nitro benzene ring substituents is 1. The summed E-state index contributed by atoms with van der Waals surface area (Å²) in [5, 5.41) is 13.6. The van der Waals surface area contributed by atoms with Gasteiger partial charge in [-0.05, 0) is 13.3 Å². The summed E-state index contributed by atoms with van der Waals surface area (Å²) in [4.78, 5) is 22.4. The van der Waals surface area contributed by atoms with Gasteiger partial charge < -0.3 is 11.1 Å². The van der Waals surface area contributed by atoms with E-state index in [2.05, 4.69) is 5.32 Å². The minimum Gasteiger partial charge on any atom is -0.351 e. The third-order valence-electron chi connectivity index (χ3n) is 3.41. The van der Waals surface area contributed by atoms with E-state index in [1.54, 1.807) is 25.1 Å². The highest BCUT2D eigenvalue weighted by Gasteiger charge is 2.29. The van der Waals surface area contributed by atoms with Crippen LogP contribution >= 0.6 is 0 Å². The molecule has 0 fully saturated rings. The lowest BCUT2D eigenvalue weighted by Crippen LogP contribution is -2.43. The Morgan fingerprint density at radius 1 is 1.47 bits per heavy atom. The smallest absolute Gasteiger partial charge is 0.274 e. The fourth-order valence-corrected chi connectivity index (χ4v) is 1.62. The van der Waals surface area contributed by atoms with Gasteiger partial charge in [0.25, 0.3) is 5.69 Å². The number of nitro groups is 1. The summed E-state index contributed by atoms with van der Waals surface area (Å²) in [7, 11) is 0. The summed E-state index contributed by atoms with van der Waals surface area (Å²) in [6.07, 6.45) is 0.617. The quantitative estimate of drug-likeness (QED) is 0.602. The molecule has 0 bridgehead atoms.